The molecule has 0 unspecified atom stereocenters. The van der Waals surface area contributed by atoms with Gasteiger partial charge in [-0.05, 0) is 35.8 Å². The number of hydrogen-bond donors (Lipinski definition) is 1. The summed E-state index contributed by atoms with van der Waals surface area (Å²) in [5.41, 5.74) is -0.659. The number of hydrogen-bond acceptors (Lipinski definition) is 6. The molecule has 0 spiro atoms. The van der Waals surface area contributed by atoms with Crippen LogP contribution in [0, 0.1) is 17.5 Å². The summed E-state index contributed by atoms with van der Waals surface area (Å²) in [6, 6.07) is 5.72. The van der Waals surface area contributed by atoms with Crippen LogP contribution in [0.25, 0.3) is 0 Å². The first-order valence-corrected chi connectivity index (χ1v) is 14.8. The first kappa shape index (κ1) is 32.6. The van der Waals surface area contributed by atoms with Crippen LogP contribution in [0.15, 0.2) is 36.8 Å². The van der Waals surface area contributed by atoms with Crippen molar-refractivity contribution in [2.45, 2.75) is 51.9 Å². The molecule has 0 aliphatic rings. The number of halogens is 4. The SMILES string of the molecule is CCCCCCS(=O)(=O)O.O=S(=O)([O-])[n+]1cc(F)c(F)c(F)c1CCCCI.c1ccncc1. The van der Waals surface area contributed by atoms with Crippen molar-refractivity contribution in [2.75, 3.05) is 10.2 Å². The van der Waals surface area contributed by atoms with Gasteiger partial charge in [0.2, 0.25) is 29.3 Å². The summed E-state index contributed by atoms with van der Waals surface area (Å²) in [6.45, 7) is 2.05. The number of nitrogens with zero attached hydrogens (tertiary/aromatic N) is 2. The molecular weight excluding hydrogens is 612 g/mol. The molecule has 8 nitrogen and oxygen atoms in total. The Morgan fingerprint density at radius 2 is 1.59 bits per heavy atom. The van der Waals surface area contributed by atoms with Gasteiger partial charge in [0.25, 0.3) is 10.1 Å². The quantitative estimate of drug-likeness (QED) is 0.137. The highest BCUT2D eigenvalue weighted by atomic mass is 127. The minimum Gasteiger partial charge on any atom is -0.693 e. The maximum Gasteiger partial charge on any atom is 0.330 e. The lowest BCUT2D eigenvalue weighted by Crippen LogP contribution is -2.47. The fourth-order valence-electron chi connectivity index (χ4n) is 2.40. The molecule has 1 N–H and O–H groups in total. The van der Waals surface area contributed by atoms with Crippen molar-refractivity contribution in [1.29, 1.82) is 0 Å². The van der Waals surface area contributed by atoms with E-state index in [1.165, 1.54) is 0 Å². The zero-order valence-corrected chi connectivity index (χ0v) is 22.3. The Hall–Kier alpha value is -1.36. The molecule has 14 heteroatoms. The monoisotopic (exact) mass is 640 g/mol. The normalized spacial score (nSPS) is 11.1. The Balaban J connectivity index is 0.000000566. The highest BCUT2D eigenvalue weighted by Crippen LogP contribution is 2.14. The van der Waals surface area contributed by atoms with Crippen molar-refractivity contribution in [3.8, 4) is 0 Å². The van der Waals surface area contributed by atoms with Gasteiger partial charge in [0, 0.05) is 18.8 Å². The second-order valence-corrected chi connectivity index (χ2v) is 10.7. The van der Waals surface area contributed by atoms with Crippen LogP contribution in [-0.4, -0.2) is 41.1 Å². The lowest BCUT2D eigenvalue weighted by molar-refractivity contribution is -0.534. The number of pyridine rings is 2. The van der Waals surface area contributed by atoms with E-state index >= 15 is 0 Å². The summed E-state index contributed by atoms with van der Waals surface area (Å²) in [6.07, 6.45) is 8.07. The highest BCUT2D eigenvalue weighted by molar-refractivity contribution is 14.1. The first-order valence-electron chi connectivity index (χ1n) is 10.3. The molecule has 0 amide bonds. The van der Waals surface area contributed by atoms with Crippen LogP contribution in [0.3, 0.4) is 0 Å². The van der Waals surface area contributed by atoms with Crippen LogP contribution < -0.4 is 3.97 Å². The van der Waals surface area contributed by atoms with Gasteiger partial charge in [-0.15, -0.1) is 0 Å². The van der Waals surface area contributed by atoms with Crippen LogP contribution in [0.4, 0.5) is 13.2 Å². The fourth-order valence-corrected chi connectivity index (χ4v) is 4.17. The third kappa shape index (κ3) is 14.8. The Morgan fingerprint density at radius 1 is 0.971 bits per heavy atom. The molecule has 0 fully saturated rings. The van der Waals surface area contributed by atoms with E-state index < -0.39 is 43.6 Å². The standard InChI is InChI=1S/C9H9F3INO3S.C6H14O3S.C5H5N/c10-6-5-14(18(15,16)17)7(3-1-2-4-13)9(12)8(6)11;1-2-3-4-5-6-10(7,8)9;1-2-4-6-5-3-1/h5H,1-4H2;2-6H2,1H3,(H,7,8,9);1-5H. The maximum absolute atomic E-state index is 13.4. The maximum atomic E-state index is 13.4. The van der Waals surface area contributed by atoms with E-state index in [-0.39, 0.29) is 22.3 Å². The molecule has 34 heavy (non-hydrogen) atoms. The van der Waals surface area contributed by atoms with E-state index in [4.69, 9.17) is 4.55 Å². The van der Waals surface area contributed by atoms with Crippen molar-refractivity contribution in [1.82, 2.24) is 4.98 Å². The van der Waals surface area contributed by atoms with E-state index in [2.05, 4.69) is 27.6 Å². The Labute approximate surface area is 212 Å². The van der Waals surface area contributed by atoms with Crippen molar-refractivity contribution >= 4 is 43.0 Å². The Bertz CT molecular complexity index is 1030. The molecule has 2 aromatic heterocycles. The van der Waals surface area contributed by atoms with Crippen LogP contribution in [0.2, 0.25) is 0 Å². The van der Waals surface area contributed by atoms with E-state index in [1.807, 2.05) is 25.1 Å². The van der Waals surface area contributed by atoms with Crippen molar-refractivity contribution in [3.63, 3.8) is 0 Å². The smallest absolute Gasteiger partial charge is 0.330 e. The van der Waals surface area contributed by atoms with Crippen LogP contribution in [0.1, 0.15) is 51.1 Å². The van der Waals surface area contributed by atoms with Gasteiger partial charge < -0.3 is 4.55 Å². The van der Waals surface area contributed by atoms with Crippen LogP contribution in [0.5, 0.6) is 0 Å². The van der Waals surface area contributed by atoms with Crippen LogP contribution >= 0.6 is 22.6 Å². The fraction of sp³-hybridized carbons (Fsp3) is 0.500. The number of rotatable bonds is 10. The molecule has 0 aliphatic carbocycles. The molecule has 2 rings (SSSR count). The van der Waals surface area contributed by atoms with E-state index in [1.54, 1.807) is 12.4 Å². The second kappa shape index (κ2) is 17.1. The molecular formula is C20H28F3IN2O6S2. The molecule has 0 bridgehead atoms. The van der Waals surface area contributed by atoms with Crippen LogP contribution in [-0.2, 0) is 26.8 Å². The zero-order chi connectivity index (χ0) is 26.2. The average Bonchev–Trinajstić information content (AvgIpc) is 2.77. The Kier molecular flexibility index (Phi) is 16.4. The van der Waals surface area contributed by atoms with Gasteiger partial charge in [-0.1, -0.05) is 58.8 Å². The number of aromatic nitrogens is 2. The van der Waals surface area contributed by atoms with Gasteiger partial charge in [0.15, 0.2) is 0 Å². The second-order valence-electron chi connectivity index (χ2n) is 6.82. The minimum absolute atomic E-state index is 0.0893. The number of alkyl halides is 1. The van der Waals surface area contributed by atoms with Crippen molar-refractivity contribution < 1.29 is 43.1 Å². The van der Waals surface area contributed by atoms with Gasteiger partial charge in [-0.2, -0.15) is 30.0 Å². The molecule has 2 heterocycles. The third-order valence-electron chi connectivity index (χ3n) is 4.01. The summed E-state index contributed by atoms with van der Waals surface area (Å²) in [4.78, 5) is 3.78. The molecule has 0 atom stereocenters. The molecule has 0 saturated carbocycles. The summed E-state index contributed by atoms with van der Waals surface area (Å²) in [5.74, 6) is -5.22. The highest BCUT2D eigenvalue weighted by Gasteiger charge is 2.28. The lowest BCUT2D eigenvalue weighted by Gasteiger charge is -2.07. The molecule has 0 aromatic carbocycles. The van der Waals surface area contributed by atoms with Crippen molar-refractivity contribution in [3.05, 3.63) is 59.9 Å². The molecule has 2 aromatic rings. The van der Waals surface area contributed by atoms with Gasteiger partial charge >= 0.3 is 10.3 Å². The summed E-state index contributed by atoms with van der Waals surface area (Å²) in [7, 11) is -8.82. The molecule has 0 aliphatic heterocycles. The topological polar surface area (TPSA) is 128 Å². The first-order chi connectivity index (χ1) is 15.8. The third-order valence-corrected chi connectivity index (χ3v) is 6.39. The molecule has 194 valence electrons. The van der Waals surface area contributed by atoms with E-state index in [0.29, 0.717) is 19.3 Å². The van der Waals surface area contributed by atoms with Gasteiger partial charge in [-0.3, -0.25) is 9.54 Å². The molecule has 0 saturated heterocycles. The van der Waals surface area contributed by atoms with Gasteiger partial charge in [0.05, 0.1) is 5.75 Å². The lowest BCUT2D eigenvalue weighted by atomic mass is 10.2. The summed E-state index contributed by atoms with van der Waals surface area (Å²) >= 11 is 2.06. The summed E-state index contributed by atoms with van der Waals surface area (Å²) in [5, 5.41) is 0. The average molecular weight is 640 g/mol. The predicted molar refractivity (Wildman–Crippen MR) is 128 cm³/mol. The zero-order valence-electron chi connectivity index (χ0n) is 18.5. The Morgan fingerprint density at radius 3 is 2.00 bits per heavy atom. The van der Waals surface area contributed by atoms with E-state index in [0.717, 1.165) is 23.7 Å². The van der Waals surface area contributed by atoms with Gasteiger partial charge in [0.1, 0.15) is 0 Å². The minimum atomic E-state index is -5.11. The molecule has 0 radical (unpaired) electrons. The largest absolute Gasteiger partial charge is 0.693 e. The number of unbranched alkanes of at least 4 members (excludes halogenated alkanes) is 4. The van der Waals surface area contributed by atoms with E-state index in [9.17, 15) is 34.6 Å². The predicted octanol–water partition coefficient (Wildman–Crippen LogP) is 3.99. The van der Waals surface area contributed by atoms with Crippen molar-refractivity contribution in [2.24, 2.45) is 0 Å². The van der Waals surface area contributed by atoms with Gasteiger partial charge in [-0.25, -0.2) is 0 Å². The summed E-state index contributed by atoms with van der Waals surface area (Å²) < 4.78 is 101.